The SMILES string of the molecule is O=C(c1ccccc1F)N1CCC2(CC1)O[C@@H]1CC[C@@H](c3cccc(F)c3)N1C2=O. The third kappa shape index (κ3) is 2.99. The van der Waals surface area contributed by atoms with Crippen molar-refractivity contribution in [3.63, 3.8) is 0 Å². The van der Waals surface area contributed by atoms with Crippen molar-refractivity contribution in [1.29, 1.82) is 0 Å². The molecule has 3 aliphatic heterocycles. The minimum atomic E-state index is -0.956. The normalized spacial score (nSPS) is 25.1. The number of hydrogen-bond acceptors (Lipinski definition) is 3. The molecule has 3 fully saturated rings. The fraction of sp³-hybridized carbons (Fsp3) is 0.391. The van der Waals surface area contributed by atoms with E-state index in [4.69, 9.17) is 4.74 Å². The van der Waals surface area contributed by atoms with Crippen LogP contribution in [0.2, 0.25) is 0 Å². The van der Waals surface area contributed by atoms with Crippen LogP contribution < -0.4 is 0 Å². The van der Waals surface area contributed by atoms with Crippen molar-refractivity contribution in [3.8, 4) is 0 Å². The third-order valence-corrected chi connectivity index (χ3v) is 6.52. The highest BCUT2D eigenvalue weighted by Gasteiger charge is 2.58. The summed E-state index contributed by atoms with van der Waals surface area (Å²) in [4.78, 5) is 29.4. The maximum absolute atomic E-state index is 14.0. The molecule has 0 N–H and O–H groups in total. The molecule has 2 amide bonds. The van der Waals surface area contributed by atoms with E-state index in [1.807, 2.05) is 6.07 Å². The summed E-state index contributed by atoms with van der Waals surface area (Å²) in [6.07, 6.45) is 1.85. The van der Waals surface area contributed by atoms with Crippen molar-refractivity contribution in [3.05, 3.63) is 71.3 Å². The van der Waals surface area contributed by atoms with Gasteiger partial charge in [0.1, 0.15) is 17.9 Å². The van der Waals surface area contributed by atoms with Crippen LogP contribution in [-0.4, -0.2) is 46.5 Å². The molecule has 1 spiro atoms. The van der Waals surface area contributed by atoms with Crippen molar-refractivity contribution >= 4 is 11.8 Å². The van der Waals surface area contributed by atoms with Crippen LogP contribution >= 0.6 is 0 Å². The Morgan fingerprint density at radius 1 is 1.03 bits per heavy atom. The van der Waals surface area contributed by atoms with E-state index < -0.39 is 11.4 Å². The molecule has 2 aromatic rings. The number of amides is 2. The Balaban J connectivity index is 1.31. The largest absolute Gasteiger partial charge is 0.342 e. The Bertz CT molecular complexity index is 1000. The van der Waals surface area contributed by atoms with Crippen LogP contribution in [0, 0.1) is 11.6 Å². The molecule has 0 unspecified atom stereocenters. The molecule has 0 saturated carbocycles. The average molecular weight is 412 g/mol. The molecule has 2 aromatic carbocycles. The van der Waals surface area contributed by atoms with E-state index in [0.29, 0.717) is 32.4 Å². The summed E-state index contributed by atoms with van der Waals surface area (Å²) in [6.45, 7) is 0.647. The van der Waals surface area contributed by atoms with Gasteiger partial charge in [-0.1, -0.05) is 24.3 Å². The molecule has 156 valence electrons. The van der Waals surface area contributed by atoms with E-state index in [0.717, 1.165) is 12.0 Å². The maximum Gasteiger partial charge on any atom is 0.257 e. The number of piperidine rings is 1. The van der Waals surface area contributed by atoms with Gasteiger partial charge < -0.3 is 14.5 Å². The summed E-state index contributed by atoms with van der Waals surface area (Å²) in [6, 6.07) is 12.1. The van der Waals surface area contributed by atoms with Crippen LogP contribution in [-0.2, 0) is 9.53 Å². The summed E-state index contributed by atoms with van der Waals surface area (Å²) in [5, 5.41) is 0. The molecule has 2 atom stereocenters. The molecule has 0 aliphatic carbocycles. The molecule has 3 aliphatic rings. The first-order chi connectivity index (χ1) is 14.5. The molecule has 5 rings (SSSR count). The first-order valence-electron chi connectivity index (χ1n) is 10.3. The monoisotopic (exact) mass is 412 g/mol. The highest BCUT2D eigenvalue weighted by atomic mass is 19.1. The minimum absolute atomic E-state index is 0.0407. The number of carbonyl (C=O) groups excluding carboxylic acids is 2. The summed E-state index contributed by atoms with van der Waals surface area (Å²) in [5.74, 6) is -1.32. The highest BCUT2D eigenvalue weighted by Crippen LogP contribution is 2.47. The van der Waals surface area contributed by atoms with Gasteiger partial charge in [0.05, 0.1) is 11.6 Å². The Hall–Kier alpha value is -2.80. The number of fused-ring (bicyclic) bond motifs is 1. The van der Waals surface area contributed by atoms with Gasteiger partial charge in [-0.25, -0.2) is 8.78 Å². The Labute approximate surface area is 173 Å². The van der Waals surface area contributed by atoms with E-state index in [1.54, 1.807) is 28.0 Å². The van der Waals surface area contributed by atoms with Crippen LogP contribution in [0.5, 0.6) is 0 Å². The molecule has 0 aromatic heterocycles. The van der Waals surface area contributed by atoms with Crippen LogP contribution in [0.15, 0.2) is 48.5 Å². The maximum atomic E-state index is 14.0. The fourth-order valence-electron chi connectivity index (χ4n) is 4.96. The van der Waals surface area contributed by atoms with Crippen molar-refractivity contribution in [2.24, 2.45) is 0 Å². The number of halogens is 2. The van der Waals surface area contributed by atoms with Crippen molar-refractivity contribution in [2.45, 2.75) is 43.6 Å². The molecule has 30 heavy (non-hydrogen) atoms. The molecular formula is C23H22F2N2O3. The van der Waals surface area contributed by atoms with Gasteiger partial charge in [-0.05, 0) is 42.7 Å². The molecule has 0 bridgehead atoms. The van der Waals surface area contributed by atoms with Crippen molar-refractivity contribution in [2.75, 3.05) is 13.1 Å². The van der Waals surface area contributed by atoms with E-state index in [9.17, 15) is 18.4 Å². The number of rotatable bonds is 2. The Morgan fingerprint density at radius 2 is 1.80 bits per heavy atom. The lowest BCUT2D eigenvalue weighted by Crippen LogP contribution is -2.51. The fourth-order valence-corrected chi connectivity index (χ4v) is 4.96. The second-order valence-corrected chi connectivity index (χ2v) is 8.20. The lowest BCUT2D eigenvalue weighted by Gasteiger charge is -2.37. The molecule has 3 heterocycles. The van der Waals surface area contributed by atoms with Crippen LogP contribution in [0.1, 0.15) is 47.6 Å². The van der Waals surface area contributed by atoms with Gasteiger partial charge in [0.15, 0.2) is 5.60 Å². The topological polar surface area (TPSA) is 49.9 Å². The van der Waals surface area contributed by atoms with E-state index in [-0.39, 0.29) is 35.5 Å². The first kappa shape index (κ1) is 19.2. The van der Waals surface area contributed by atoms with Gasteiger partial charge in [-0.3, -0.25) is 9.59 Å². The standard InChI is InChI=1S/C23H22F2N2O3/c24-16-5-3-4-15(14-16)19-8-9-20-27(19)22(29)23(30-20)10-12-26(13-11-23)21(28)17-6-1-2-7-18(17)25/h1-7,14,19-20H,8-13H2/t19-,20+/m0/s1. The second-order valence-electron chi connectivity index (χ2n) is 8.20. The predicted octanol–water partition coefficient (Wildman–Crippen LogP) is 3.66. The van der Waals surface area contributed by atoms with Gasteiger partial charge in [0, 0.05) is 25.9 Å². The predicted molar refractivity (Wildman–Crippen MR) is 104 cm³/mol. The van der Waals surface area contributed by atoms with Crippen molar-refractivity contribution in [1.82, 2.24) is 9.80 Å². The summed E-state index contributed by atoms with van der Waals surface area (Å²) in [5.41, 5.74) is -0.138. The van der Waals surface area contributed by atoms with E-state index in [1.165, 1.54) is 24.3 Å². The zero-order valence-electron chi connectivity index (χ0n) is 16.4. The zero-order valence-corrected chi connectivity index (χ0v) is 16.4. The van der Waals surface area contributed by atoms with Gasteiger partial charge in [0.2, 0.25) is 0 Å². The van der Waals surface area contributed by atoms with Gasteiger partial charge in [-0.15, -0.1) is 0 Å². The molecule has 5 nitrogen and oxygen atoms in total. The highest BCUT2D eigenvalue weighted by molar-refractivity contribution is 5.95. The van der Waals surface area contributed by atoms with Gasteiger partial charge >= 0.3 is 0 Å². The quantitative estimate of drug-likeness (QED) is 0.757. The smallest absolute Gasteiger partial charge is 0.257 e. The minimum Gasteiger partial charge on any atom is -0.342 e. The van der Waals surface area contributed by atoms with Crippen LogP contribution in [0.3, 0.4) is 0 Å². The van der Waals surface area contributed by atoms with Gasteiger partial charge in [-0.2, -0.15) is 0 Å². The lowest BCUT2D eigenvalue weighted by atomic mass is 9.89. The number of ether oxygens (including phenoxy) is 1. The summed E-state index contributed by atoms with van der Waals surface area (Å²) in [7, 11) is 0. The number of hydrogen-bond donors (Lipinski definition) is 0. The van der Waals surface area contributed by atoms with Crippen molar-refractivity contribution < 1.29 is 23.1 Å². The lowest BCUT2D eigenvalue weighted by molar-refractivity contribution is -0.142. The van der Waals surface area contributed by atoms with Crippen LogP contribution in [0.4, 0.5) is 8.78 Å². The third-order valence-electron chi connectivity index (χ3n) is 6.52. The number of benzene rings is 2. The first-order valence-corrected chi connectivity index (χ1v) is 10.3. The number of nitrogens with zero attached hydrogens (tertiary/aromatic N) is 2. The molecule has 3 saturated heterocycles. The number of likely N-dealkylation sites (tertiary alicyclic amines) is 1. The van der Waals surface area contributed by atoms with Gasteiger partial charge in [0.25, 0.3) is 11.8 Å². The molecular weight excluding hydrogens is 390 g/mol. The van der Waals surface area contributed by atoms with Crippen LogP contribution in [0.25, 0.3) is 0 Å². The summed E-state index contributed by atoms with van der Waals surface area (Å²) >= 11 is 0. The van der Waals surface area contributed by atoms with E-state index in [2.05, 4.69) is 0 Å². The second kappa shape index (κ2) is 7.16. The summed E-state index contributed by atoms with van der Waals surface area (Å²) < 4.78 is 33.9. The molecule has 7 heteroatoms. The molecule has 0 radical (unpaired) electrons. The average Bonchev–Trinajstić information content (AvgIpc) is 3.27. The Kier molecular flexibility index (Phi) is 4.58. The zero-order chi connectivity index (χ0) is 20.9. The van der Waals surface area contributed by atoms with E-state index >= 15 is 0 Å². The number of carbonyl (C=O) groups is 2. The Morgan fingerprint density at radius 3 is 2.53 bits per heavy atom.